The first-order valence-electron chi connectivity index (χ1n) is 5.59. The molecule has 0 fully saturated rings. The second-order valence-electron chi connectivity index (χ2n) is 4.63. The third-order valence-electron chi connectivity index (χ3n) is 2.56. The molecular formula is C14H20O. The molecule has 0 radical (unpaired) electrons. The Labute approximate surface area is 92.6 Å². The van der Waals surface area contributed by atoms with Crippen LogP contribution < -0.4 is 0 Å². The Kier molecular flexibility index (Phi) is 4.07. The molecular weight excluding hydrogens is 184 g/mol. The van der Waals surface area contributed by atoms with Crippen LogP contribution in [-0.2, 0) is 4.79 Å². The van der Waals surface area contributed by atoms with Crippen LogP contribution in [0.1, 0.15) is 40.0 Å². The van der Waals surface area contributed by atoms with Gasteiger partial charge in [-0.3, -0.25) is 4.79 Å². The van der Waals surface area contributed by atoms with Crippen LogP contribution in [0.2, 0.25) is 0 Å². The van der Waals surface area contributed by atoms with Crippen LogP contribution in [0.3, 0.4) is 0 Å². The molecule has 0 aromatic heterocycles. The second-order valence-corrected chi connectivity index (χ2v) is 4.63. The molecule has 0 atom stereocenters. The zero-order valence-electron chi connectivity index (χ0n) is 9.92. The van der Waals surface area contributed by atoms with Gasteiger partial charge in [-0.15, -0.1) is 0 Å². The Hall–Kier alpha value is -1.11. The van der Waals surface area contributed by atoms with Crippen LogP contribution in [0.15, 0.2) is 36.0 Å². The highest BCUT2D eigenvalue weighted by Gasteiger charge is 2.18. The Balaban J connectivity index is 2.57. The van der Waals surface area contributed by atoms with Gasteiger partial charge in [0.2, 0.25) is 0 Å². The lowest BCUT2D eigenvalue weighted by atomic mass is 9.83. The molecule has 0 saturated heterocycles. The maximum Gasteiger partial charge on any atom is 0.159 e. The average molecular weight is 204 g/mol. The van der Waals surface area contributed by atoms with Gasteiger partial charge in [-0.2, -0.15) is 0 Å². The number of Topliss-reactive ketones (excluding diaryl/α,β-unsaturated/α-hetero) is 1. The summed E-state index contributed by atoms with van der Waals surface area (Å²) < 4.78 is 0. The number of allylic oxidation sites excluding steroid dienone is 6. The highest BCUT2D eigenvalue weighted by molar-refractivity contribution is 5.96. The van der Waals surface area contributed by atoms with Gasteiger partial charge in [0.05, 0.1) is 0 Å². The van der Waals surface area contributed by atoms with E-state index < -0.39 is 0 Å². The first kappa shape index (κ1) is 12.0. The van der Waals surface area contributed by atoms with Crippen molar-refractivity contribution in [1.29, 1.82) is 0 Å². The third kappa shape index (κ3) is 3.86. The quantitative estimate of drug-likeness (QED) is 0.636. The first-order valence-corrected chi connectivity index (χ1v) is 5.59. The number of hydrogen-bond acceptors (Lipinski definition) is 1. The van der Waals surface area contributed by atoms with Crippen LogP contribution in [0, 0.1) is 5.41 Å². The largest absolute Gasteiger partial charge is 0.295 e. The highest BCUT2D eigenvalue weighted by Crippen LogP contribution is 2.28. The Morgan fingerprint density at radius 3 is 2.87 bits per heavy atom. The molecule has 0 aliphatic heterocycles. The minimum absolute atomic E-state index is 0.0455. The number of ketones is 1. The Morgan fingerprint density at radius 2 is 2.27 bits per heavy atom. The van der Waals surface area contributed by atoms with Crippen molar-refractivity contribution in [2.75, 3.05) is 0 Å². The van der Waals surface area contributed by atoms with Gasteiger partial charge >= 0.3 is 0 Å². The average Bonchev–Trinajstić information content (AvgIpc) is 2.16. The maximum absolute atomic E-state index is 11.8. The summed E-state index contributed by atoms with van der Waals surface area (Å²) in [6.07, 6.45) is 12.7. The first-order chi connectivity index (χ1) is 7.05. The minimum atomic E-state index is 0.0455. The lowest BCUT2D eigenvalue weighted by Crippen LogP contribution is -2.12. The maximum atomic E-state index is 11.8. The van der Waals surface area contributed by atoms with Gasteiger partial charge < -0.3 is 0 Å². The van der Waals surface area contributed by atoms with E-state index in [9.17, 15) is 4.79 Å². The summed E-state index contributed by atoms with van der Waals surface area (Å²) in [5.74, 6) is 0.297. The predicted molar refractivity (Wildman–Crippen MR) is 64.7 cm³/mol. The van der Waals surface area contributed by atoms with Crippen molar-refractivity contribution < 1.29 is 4.79 Å². The van der Waals surface area contributed by atoms with Gasteiger partial charge in [-0.1, -0.05) is 44.2 Å². The van der Waals surface area contributed by atoms with E-state index in [0.29, 0.717) is 12.2 Å². The predicted octanol–water partition coefficient (Wildman–Crippen LogP) is 3.82. The molecule has 0 aromatic rings. The van der Waals surface area contributed by atoms with E-state index in [1.165, 1.54) is 0 Å². The Morgan fingerprint density at radius 1 is 1.53 bits per heavy atom. The molecule has 1 nitrogen and oxygen atoms in total. The van der Waals surface area contributed by atoms with Crippen molar-refractivity contribution in [2.45, 2.75) is 40.0 Å². The SMILES string of the molecule is CC=CCCC(=O)C1=CC(C)(C)C=CC1. The number of carbonyl (C=O) groups excluding carboxylic acids is 1. The molecule has 0 unspecified atom stereocenters. The molecule has 0 amide bonds. The van der Waals surface area contributed by atoms with Crippen LogP contribution in [0.4, 0.5) is 0 Å². The summed E-state index contributed by atoms with van der Waals surface area (Å²) in [6.45, 7) is 6.24. The van der Waals surface area contributed by atoms with E-state index in [1.54, 1.807) is 0 Å². The van der Waals surface area contributed by atoms with E-state index in [2.05, 4.69) is 32.1 Å². The monoisotopic (exact) mass is 204 g/mol. The summed E-state index contributed by atoms with van der Waals surface area (Å²) in [4.78, 5) is 11.8. The molecule has 0 N–H and O–H groups in total. The molecule has 1 heteroatoms. The van der Waals surface area contributed by atoms with Crippen molar-refractivity contribution in [1.82, 2.24) is 0 Å². The highest BCUT2D eigenvalue weighted by atomic mass is 16.1. The van der Waals surface area contributed by atoms with Gasteiger partial charge in [0.15, 0.2) is 5.78 Å². The van der Waals surface area contributed by atoms with Gasteiger partial charge in [0.1, 0.15) is 0 Å². The van der Waals surface area contributed by atoms with Gasteiger partial charge in [0, 0.05) is 11.8 Å². The molecule has 82 valence electrons. The smallest absolute Gasteiger partial charge is 0.159 e. The molecule has 0 bridgehead atoms. The van der Waals surface area contributed by atoms with E-state index in [0.717, 1.165) is 18.4 Å². The summed E-state index contributed by atoms with van der Waals surface area (Å²) in [6, 6.07) is 0. The Bertz CT molecular complexity index is 316. The minimum Gasteiger partial charge on any atom is -0.295 e. The molecule has 0 heterocycles. The van der Waals surface area contributed by atoms with Crippen molar-refractivity contribution in [3.8, 4) is 0 Å². The molecule has 0 aromatic carbocycles. The normalized spacial score (nSPS) is 19.3. The van der Waals surface area contributed by atoms with Crippen molar-refractivity contribution in [2.24, 2.45) is 5.41 Å². The summed E-state index contributed by atoms with van der Waals surface area (Å²) in [5, 5.41) is 0. The number of rotatable bonds is 4. The fraction of sp³-hybridized carbons (Fsp3) is 0.500. The second kappa shape index (κ2) is 5.11. The van der Waals surface area contributed by atoms with E-state index in [1.807, 2.05) is 19.1 Å². The fourth-order valence-electron chi connectivity index (χ4n) is 1.78. The van der Waals surface area contributed by atoms with E-state index in [-0.39, 0.29) is 5.41 Å². The van der Waals surface area contributed by atoms with Crippen molar-refractivity contribution in [3.63, 3.8) is 0 Å². The van der Waals surface area contributed by atoms with Gasteiger partial charge in [-0.05, 0) is 25.3 Å². The molecule has 1 rings (SSSR count). The van der Waals surface area contributed by atoms with E-state index in [4.69, 9.17) is 0 Å². The molecule has 0 spiro atoms. The number of hydrogen-bond donors (Lipinski definition) is 0. The summed E-state index contributed by atoms with van der Waals surface area (Å²) >= 11 is 0. The lowest BCUT2D eigenvalue weighted by Gasteiger charge is -2.21. The zero-order valence-corrected chi connectivity index (χ0v) is 9.92. The number of carbonyl (C=O) groups is 1. The summed E-state index contributed by atoms with van der Waals surface area (Å²) in [7, 11) is 0. The molecule has 1 aliphatic carbocycles. The van der Waals surface area contributed by atoms with Crippen molar-refractivity contribution in [3.05, 3.63) is 36.0 Å². The van der Waals surface area contributed by atoms with Crippen LogP contribution in [-0.4, -0.2) is 5.78 Å². The van der Waals surface area contributed by atoms with Crippen LogP contribution in [0.25, 0.3) is 0 Å². The van der Waals surface area contributed by atoms with Crippen molar-refractivity contribution >= 4 is 5.78 Å². The molecule has 0 saturated carbocycles. The lowest BCUT2D eigenvalue weighted by molar-refractivity contribution is -0.115. The molecule has 15 heavy (non-hydrogen) atoms. The van der Waals surface area contributed by atoms with Gasteiger partial charge in [-0.25, -0.2) is 0 Å². The van der Waals surface area contributed by atoms with Gasteiger partial charge in [0.25, 0.3) is 0 Å². The summed E-state index contributed by atoms with van der Waals surface area (Å²) in [5.41, 5.74) is 1.02. The fourth-order valence-corrected chi connectivity index (χ4v) is 1.78. The molecule has 1 aliphatic rings. The van der Waals surface area contributed by atoms with Crippen LogP contribution >= 0.6 is 0 Å². The zero-order chi connectivity index (χ0) is 11.3. The van der Waals surface area contributed by atoms with Crippen LogP contribution in [0.5, 0.6) is 0 Å². The third-order valence-corrected chi connectivity index (χ3v) is 2.56. The topological polar surface area (TPSA) is 17.1 Å². The standard InChI is InChI=1S/C14H20O/c1-4-5-6-9-13(15)12-8-7-10-14(2,3)11-12/h4-5,7,10-11H,6,8-9H2,1-3H3. The van der Waals surface area contributed by atoms with E-state index >= 15 is 0 Å².